The second kappa shape index (κ2) is 6.42. The van der Waals surface area contributed by atoms with Crippen molar-refractivity contribution in [3.8, 4) is 0 Å². The van der Waals surface area contributed by atoms with E-state index in [9.17, 15) is 10.2 Å². The molecule has 1 aromatic heterocycles. The highest BCUT2D eigenvalue weighted by Crippen LogP contribution is 2.42. The maximum Gasteiger partial charge on any atom is 0.205 e. The Labute approximate surface area is 139 Å². The molecule has 0 aliphatic rings. The molecule has 6 heteroatoms. The SMILES string of the molecule is CC(O)C(O)(c1ccc[n+](N)c1)C(C)c1ccc(Cl)cc1Cl. The lowest BCUT2D eigenvalue weighted by atomic mass is 9.75. The number of halogens is 2. The summed E-state index contributed by atoms with van der Waals surface area (Å²) in [5, 5.41) is 22.4. The van der Waals surface area contributed by atoms with Crippen molar-refractivity contribution < 1.29 is 14.9 Å². The van der Waals surface area contributed by atoms with Crippen LogP contribution >= 0.6 is 23.2 Å². The van der Waals surface area contributed by atoms with Crippen LogP contribution in [0.2, 0.25) is 10.0 Å². The molecule has 0 saturated heterocycles. The number of aliphatic hydroxyl groups is 2. The molecule has 3 atom stereocenters. The lowest BCUT2D eigenvalue weighted by molar-refractivity contribution is -0.639. The number of pyridine rings is 1. The molecular weight excluding hydrogens is 323 g/mol. The summed E-state index contributed by atoms with van der Waals surface area (Å²) in [5.74, 6) is 5.25. The van der Waals surface area contributed by atoms with Crippen LogP contribution in [-0.4, -0.2) is 16.3 Å². The Morgan fingerprint density at radius 1 is 1.23 bits per heavy atom. The molecule has 118 valence electrons. The van der Waals surface area contributed by atoms with Crippen molar-refractivity contribution >= 4 is 23.2 Å². The molecule has 0 aliphatic heterocycles. The zero-order valence-electron chi connectivity index (χ0n) is 12.4. The summed E-state index contributed by atoms with van der Waals surface area (Å²) >= 11 is 12.2. The van der Waals surface area contributed by atoms with E-state index in [1.165, 1.54) is 11.6 Å². The van der Waals surface area contributed by atoms with E-state index in [4.69, 9.17) is 29.0 Å². The third kappa shape index (κ3) is 3.06. The third-order valence-corrected chi connectivity index (χ3v) is 4.57. The second-order valence-corrected chi connectivity index (χ2v) is 6.27. The topological polar surface area (TPSA) is 70.4 Å². The average molecular weight is 342 g/mol. The molecule has 1 aromatic carbocycles. The summed E-state index contributed by atoms with van der Waals surface area (Å²) in [6.07, 6.45) is 2.19. The zero-order valence-corrected chi connectivity index (χ0v) is 13.9. The van der Waals surface area contributed by atoms with Crippen LogP contribution in [0.25, 0.3) is 0 Å². The molecule has 4 nitrogen and oxygen atoms in total. The number of hydrogen-bond acceptors (Lipinski definition) is 3. The van der Waals surface area contributed by atoms with Crippen LogP contribution in [0.1, 0.15) is 30.9 Å². The molecule has 22 heavy (non-hydrogen) atoms. The lowest BCUT2D eigenvalue weighted by Crippen LogP contribution is -2.48. The van der Waals surface area contributed by atoms with Gasteiger partial charge < -0.3 is 10.2 Å². The standard InChI is InChI=1S/C16H19Cl2N2O2/c1-10(14-6-5-13(17)8-15(14)18)16(22,11(2)21)12-4-3-7-20(19)9-12/h3-11,21-22H,19H2,1-2H3/q+1. The first-order chi connectivity index (χ1) is 10.3. The molecule has 3 unspecified atom stereocenters. The van der Waals surface area contributed by atoms with Crippen LogP contribution in [0, 0.1) is 0 Å². The zero-order chi connectivity index (χ0) is 16.5. The largest absolute Gasteiger partial charge is 0.390 e. The molecular formula is C16H19Cl2N2O2+. The molecule has 0 radical (unpaired) electrons. The van der Waals surface area contributed by atoms with E-state index < -0.39 is 17.6 Å². The Kier molecular flexibility index (Phi) is 4.97. The Hall–Kier alpha value is -1.33. The van der Waals surface area contributed by atoms with Gasteiger partial charge in [-0.05, 0) is 30.7 Å². The number of nitrogen functional groups attached to an aromatic ring is 1. The van der Waals surface area contributed by atoms with Gasteiger partial charge in [0.15, 0.2) is 6.20 Å². The van der Waals surface area contributed by atoms with Crippen LogP contribution in [0.4, 0.5) is 0 Å². The highest BCUT2D eigenvalue weighted by molar-refractivity contribution is 6.35. The van der Waals surface area contributed by atoms with Crippen LogP contribution in [-0.2, 0) is 5.60 Å². The van der Waals surface area contributed by atoms with Crippen LogP contribution in [0.15, 0.2) is 42.7 Å². The quantitative estimate of drug-likeness (QED) is 0.590. The van der Waals surface area contributed by atoms with E-state index in [1.54, 1.807) is 49.6 Å². The first kappa shape index (κ1) is 17.0. The van der Waals surface area contributed by atoms with Crippen molar-refractivity contribution in [1.82, 2.24) is 0 Å². The van der Waals surface area contributed by atoms with Gasteiger partial charge in [-0.3, -0.25) is 0 Å². The second-order valence-electron chi connectivity index (χ2n) is 5.43. The summed E-state index contributed by atoms with van der Waals surface area (Å²) in [5.41, 5.74) is -0.340. The normalized spacial score (nSPS) is 16.8. The summed E-state index contributed by atoms with van der Waals surface area (Å²) in [6, 6.07) is 8.50. The van der Waals surface area contributed by atoms with E-state index in [0.717, 1.165) is 0 Å². The number of hydrogen-bond donors (Lipinski definition) is 3. The smallest absolute Gasteiger partial charge is 0.205 e. The van der Waals surface area contributed by atoms with Gasteiger partial charge in [0.25, 0.3) is 0 Å². The fourth-order valence-electron chi connectivity index (χ4n) is 2.67. The number of aromatic nitrogens is 1. The van der Waals surface area contributed by atoms with Crippen molar-refractivity contribution in [3.05, 3.63) is 63.9 Å². The van der Waals surface area contributed by atoms with Crippen molar-refractivity contribution in [1.29, 1.82) is 0 Å². The molecule has 2 aromatic rings. The van der Waals surface area contributed by atoms with Gasteiger partial charge in [0, 0.05) is 22.0 Å². The van der Waals surface area contributed by atoms with Gasteiger partial charge in [0.1, 0.15) is 5.60 Å². The van der Waals surface area contributed by atoms with Crippen molar-refractivity contribution in [2.45, 2.75) is 31.5 Å². The Balaban J connectivity index is 2.55. The third-order valence-electron chi connectivity index (χ3n) is 4.01. The van der Waals surface area contributed by atoms with Gasteiger partial charge >= 0.3 is 0 Å². The monoisotopic (exact) mass is 341 g/mol. The van der Waals surface area contributed by atoms with E-state index in [-0.39, 0.29) is 0 Å². The molecule has 0 fully saturated rings. The Bertz CT molecular complexity index is 679. The summed E-state index contributed by atoms with van der Waals surface area (Å²) < 4.78 is 1.33. The van der Waals surface area contributed by atoms with E-state index in [2.05, 4.69) is 0 Å². The molecule has 0 aliphatic carbocycles. The van der Waals surface area contributed by atoms with Crippen LogP contribution < -0.4 is 10.5 Å². The maximum atomic E-state index is 11.2. The molecule has 2 rings (SSSR count). The fraction of sp³-hybridized carbons (Fsp3) is 0.312. The molecule has 1 heterocycles. The van der Waals surface area contributed by atoms with Gasteiger partial charge in [0.2, 0.25) is 6.20 Å². The Morgan fingerprint density at radius 2 is 1.91 bits per heavy atom. The van der Waals surface area contributed by atoms with Crippen molar-refractivity contribution in [2.75, 3.05) is 5.84 Å². The molecule has 0 spiro atoms. The summed E-state index contributed by atoms with van der Waals surface area (Å²) in [4.78, 5) is 0. The van der Waals surface area contributed by atoms with Crippen molar-refractivity contribution in [3.63, 3.8) is 0 Å². The highest BCUT2D eigenvalue weighted by Gasteiger charge is 2.43. The number of benzene rings is 1. The Morgan fingerprint density at radius 3 is 2.45 bits per heavy atom. The number of nitrogens with two attached hydrogens (primary N) is 1. The fourth-order valence-corrected chi connectivity index (χ4v) is 3.24. The predicted octanol–water partition coefficient (Wildman–Crippen LogP) is 2.37. The first-order valence-electron chi connectivity index (χ1n) is 6.89. The minimum Gasteiger partial charge on any atom is -0.390 e. The van der Waals surface area contributed by atoms with Gasteiger partial charge in [-0.1, -0.05) is 40.9 Å². The number of nitrogens with zero attached hydrogens (tertiary/aromatic N) is 1. The average Bonchev–Trinajstić information content (AvgIpc) is 2.45. The van der Waals surface area contributed by atoms with Gasteiger partial charge in [0.05, 0.1) is 11.7 Å². The molecule has 0 bridgehead atoms. The van der Waals surface area contributed by atoms with Gasteiger partial charge in [-0.25, -0.2) is 5.84 Å². The minimum atomic E-state index is -1.54. The highest BCUT2D eigenvalue weighted by atomic mass is 35.5. The molecule has 0 amide bonds. The van der Waals surface area contributed by atoms with Crippen LogP contribution in [0.3, 0.4) is 0 Å². The maximum absolute atomic E-state index is 11.2. The van der Waals surface area contributed by atoms with Gasteiger partial charge in [-0.15, -0.1) is 0 Å². The van der Waals surface area contributed by atoms with Crippen molar-refractivity contribution in [2.24, 2.45) is 0 Å². The molecule has 4 N–H and O–H groups in total. The number of rotatable bonds is 4. The van der Waals surface area contributed by atoms with Crippen LogP contribution in [0.5, 0.6) is 0 Å². The predicted molar refractivity (Wildman–Crippen MR) is 87.2 cm³/mol. The van der Waals surface area contributed by atoms with E-state index >= 15 is 0 Å². The molecule has 0 saturated carbocycles. The van der Waals surface area contributed by atoms with E-state index in [0.29, 0.717) is 21.2 Å². The minimum absolute atomic E-state index is 0.440. The first-order valence-corrected chi connectivity index (χ1v) is 7.64. The summed E-state index contributed by atoms with van der Waals surface area (Å²) in [6.45, 7) is 3.34. The van der Waals surface area contributed by atoms with E-state index in [1.807, 2.05) is 0 Å². The lowest BCUT2D eigenvalue weighted by Gasteiger charge is -2.36. The van der Waals surface area contributed by atoms with Gasteiger partial charge in [-0.2, -0.15) is 0 Å². The number of aliphatic hydroxyl groups excluding tert-OH is 1. The summed E-state index contributed by atoms with van der Waals surface area (Å²) in [7, 11) is 0.